The van der Waals surface area contributed by atoms with Gasteiger partial charge in [-0.3, -0.25) is 14.9 Å². The highest BCUT2D eigenvalue weighted by Crippen LogP contribution is 2.36. The molecule has 1 aliphatic rings. The first-order valence-electron chi connectivity index (χ1n) is 7.38. The zero-order chi connectivity index (χ0) is 20.5. The Morgan fingerprint density at radius 2 is 2.04 bits per heavy atom. The van der Waals surface area contributed by atoms with Gasteiger partial charge in [0.15, 0.2) is 0 Å². The van der Waals surface area contributed by atoms with Crippen LogP contribution in [-0.2, 0) is 11.0 Å². The molecule has 12 heteroatoms. The fourth-order valence-corrected chi connectivity index (χ4v) is 4.01. The molecule has 1 aromatic carbocycles. The molecule has 0 aliphatic carbocycles. The molecule has 0 unspecified atom stereocenters. The Labute approximate surface area is 169 Å². The second-order valence-corrected chi connectivity index (χ2v) is 8.10. The van der Waals surface area contributed by atoms with Crippen LogP contribution in [0.1, 0.15) is 11.1 Å². The summed E-state index contributed by atoms with van der Waals surface area (Å²) in [7, 11) is 0. The van der Waals surface area contributed by atoms with Crippen molar-refractivity contribution in [1.82, 2.24) is 10.3 Å². The van der Waals surface area contributed by atoms with E-state index in [1.165, 1.54) is 30.3 Å². The molecule has 0 spiro atoms. The number of non-ortho nitro benzene ring substituents is 1. The molecule has 2 heterocycles. The average molecular weight is 443 g/mol. The van der Waals surface area contributed by atoms with E-state index >= 15 is 0 Å². The van der Waals surface area contributed by atoms with Crippen molar-refractivity contribution < 1.29 is 22.9 Å². The molecule has 0 atom stereocenters. The van der Waals surface area contributed by atoms with Gasteiger partial charge in [-0.15, -0.1) is 0 Å². The number of hydrogen-bond acceptors (Lipinski definition) is 7. The number of amides is 1. The normalized spacial score (nSPS) is 15.8. The first-order chi connectivity index (χ1) is 13.1. The third-order valence-corrected chi connectivity index (χ3v) is 5.62. The third-order valence-electron chi connectivity index (χ3n) is 3.41. The molecular weight excluding hydrogens is 435 g/mol. The summed E-state index contributed by atoms with van der Waals surface area (Å²) < 4.78 is 38.2. The zero-order valence-corrected chi connectivity index (χ0v) is 16.0. The number of benzene rings is 1. The monoisotopic (exact) mass is 443 g/mol. The Morgan fingerprint density at radius 3 is 2.57 bits per heavy atom. The number of thiocarbonyl (C=S) groups is 1. The van der Waals surface area contributed by atoms with Crippen molar-refractivity contribution in [3.05, 3.63) is 62.7 Å². The van der Waals surface area contributed by atoms with Crippen LogP contribution in [0.4, 0.5) is 18.9 Å². The van der Waals surface area contributed by atoms with Crippen LogP contribution in [0.25, 0.3) is 6.08 Å². The van der Waals surface area contributed by atoms with E-state index in [1.807, 2.05) is 0 Å². The van der Waals surface area contributed by atoms with Gasteiger partial charge in [-0.1, -0.05) is 35.7 Å². The zero-order valence-electron chi connectivity index (χ0n) is 13.5. The summed E-state index contributed by atoms with van der Waals surface area (Å²) in [4.78, 5) is 26.9. The number of nitro benzene ring substituents is 1. The van der Waals surface area contributed by atoms with Crippen molar-refractivity contribution in [2.24, 2.45) is 0 Å². The Hall–Kier alpha value is -2.44. The van der Waals surface area contributed by atoms with E-state index < -0.39 is 22.6 Å². The lowest BCUT2D eigenvalue weighted by Crippen LogP contribution is -2.17. The van der Waals surface area contributed by atoms with Crippen molar-refractivity contribution in [2.75, 3.05) is 0 Å². The SMILES string of the molecule is O=C1NC(=S)SC1=Cc1cc([N+](=O)[O-])ccc1Sc1ccc(C(F)(F)F)cn1. The number of carbonyl (C=O) groups is 1. The number of carbonyl (C=O) groups excluding carboxylic acids is 1. The quantitative estimate of drug-likeness (QED) is 0.319. The summed E-state index contributed by atoms with van der Waals surface area (Å²) in [6.45, 7) is 0. The third kappa shape index (κ3) is 4.69. The van der Waals surface area contributed by atoms with E-state index in [0.29, 0.717) is 16.7 Å². The lowest BCUT2D eigenvalue weighted by Gasteiger charge is -2.08. The number of nitrogens with zero attached hydrogens (tertiary/aromatic N) is 2. The molecule has 1 amide bonds. The number of rotatable bonds is 4. The van der Waals surface area contributed by atoms with Crippen LogP contribution in [0.5, 0.6) is 0 Å². The predicted molar refractivity (Wildman–Crippen MR) is 103 cm³/mol. The number of nitro groups is 1. The first-order valence-corrected chi connectivity index (χ1v) is 9.42. The van der Waals surface area contributed by atoms with Crippen LogP contribution in [0.2, 0.25) is 0 Å². The molecule has 1 saturated heterocycles. The van der Waals surface area contributed by atoms with Gasteiger partial charge in [0, 0.05) is 23.2 Å². The average Bonchev–Trinajstić information content (AvgIpc) is 2.93. The molecule has 1 aromatic heterocycles. The van der Waals surface area contributed by atoms with Gasteiger partial charge in [-0.05, 0) is 29.8 Å². The lowest BCUT2D eigenvalue weighted by molar-refractivity contribution is -0.384. The minimum Gasteiger partial charge on any atom is -0.307 e. The molecule has 0 radical (unpaired) electrons. The van der Waals surface area contributed by atoms with E-state index in [0.717, 1.165) is 29.6 Å². The molecule has 0 saturated carbocycles. The number of halogens is 3. The number of alkyl halides is 3. The van der Waals surface area contributed by atoms with Crippen molar-refractivity contribution in [2.45, 2.75) is 16.1 Å². The Bertz CT molecular complexity index is 1010. The molecule has 144 valence electrons. The Balaban J connectivity index is 1.96. The van der Waals surface area contributed by atoms with Crippen molar-refractivity contribution in [3.8, 4) is 0 Å². The van der Waals surface area contributed by atoms with E-state index in [4.69, 9.17) is 12.2 Å². The molecule has 2 aromatic rings. The highest BCUT2D eigenvalue weighted by molar-refractivity contribution is 8.26. The van der Waals surface area contributed by atoms with Crippen LogP contribution in [0.3, 0.4) is 0 Å². The number of pyridine rings is 1. The van der Waals surface area contributed by atoms with Crippen molar-refractivity contribution in [1.29, 1.82) is 0 Å². The van der Waals surface area contributed by atoms with Gasteiger partial charge in [-0.25, -0.2) is 4.98 Å². The summed E-state index contributed by atoms with van der Waals surface area (Å²) in [5.74, 6) is -0.426. The molecule has 1 fully saturated rings. The number of thioether (sulfide) groups is 1. The second kappa shape index (κ2) is 7.89. The van der Waals surface area contributed by atoms with Gasteiger partial charge in [0.05, 0.1) is 15.4 Å². The van der Waals surface area contributed by atoms with Gasteiger partial charge in [0.25, 0.3) is 11.6 Å². The fraction of sp³-hybridized carbons (Fsp3) is 0.0625. The van der Waals surface area contributed by atoms with E-state index in [-0.39, 0.29) is 19.9 Å². The molecule has 1 aliphatic heterocycles. The van der Waals surface area contributed by atoms with Crippen LogP contribution in [-0.4, -0.2) is 20.1 Å². The van der Waals surface area contributed by atoms with Crippen LogP contribution in [0, 0.1) is 10.1 Å². The molecule has 6 nitrogen and oxygen atoms in total. The molecule has 1 N–H and O–H groups in total. The molecular formula is C16H8F3N3O3S3. The highest BCUT2D eigenvalue weighted by Gasteiger charge is 2.30. The maximum Gasteiger partial charge on any atom is 0.417 e. The summed E-state index contributed by atoms with van der Waals surface area (Å²) in [5.41, 5.74) is -0.721. The number of aromatic nitrogens is 1. The fourth-order valence-electron chi connectivity index (χ4n) is 2.14. The maximum absolute atomic E-state index is 12.7. The number of hydrogen-bond donors (Lipinski definition) is 1. The van der Waals surface area contributed by atoms with Crippen molar-refractivity contribution >= 4 is 57.7 Å². The maximum atomic E-state index is 12.7. The minimum absolute atomic E-state index is 0.192. The first kappa shape index (κ1) is 20.3. The summed E-state index contributed by atoms with van der Waals surface area (Å²) in [6, 6.07) is 6.09. The minimum atomic E-state index is -4.50. The van der Waals surface area contributed by atoms with E-state index in [2.05, 4.69) is 10.3 Å². The second-order valence-electron chi connectivity index (χ2n) is 5.32. The van der Waals surface area contributed by atoms with E-state index in [9.17, 15) is 28.1 Å². The van der Waals surface area contributed by atoms with Gasteiger partial charge in [0.1, 0.15) is 9.35 Å². The van der Waals surface area contributed by atoms with Crippen molar-refractivity contribution in [3.63, 3.8) is 0 Å². The topological polar surface area (TPSA) is 85.1 Å². The Kier molecular flexibility index (Phi) is 5.72. The summed E-state index contributed by atoms with van der Waals surface area (Å²) in [5, 5.41) is 13.8. The summed E-state index contributed by atoms with van der Waals surface area (Å²) >= 11 is 6.95. The Morgan fingerprint density at radius 1 is 1.29 bits per heavy atom. The van der Waals surface area contributed by atoms with Gasteiger partial charge >= 0.3 is 6.18 Å². The predicted octanol–water partition coefficient (Wildman–Crippen LogP) is 4.65. The van der Waals surface area contributed by atoms with Crippen LogP contribution >= 0.6 is 35.7 Å². The number of nitrogens with one attached hydrogen (secondary N) is 1. The standard InChI is InChI=1S/C16H8F3N3O3S3/c17-16(18,19)9-1-4-13(20-7-9)27-11-3-2-10(22(24)25)5-8(11)6-12-14(23)21-15(26)28-12/h1-7H,(H,21,23,26). The highest BCUT2D eigenvalue weighted by atomic mass is 32.2. The molecule has 28 heavy (non-hydrogen) atoms. The summed E-state index contributed by atoms with van der Waals surface area (Å²) in [6.07, 6.45) is -2.34. The largest absolute Gasteiger partial charge is 0.417 e. The van der Waals surface area contributed by atoms with Crippen LogP contribution < -0.4 is 5.32 Å². The molecule has 0 bridgehead atoms. The smallest absolute Gasteiger partial charge is 0.307 e. The van der Waals surface area contributed by atoms with Gasteiger partial charge in [-0.2, -0.15) is 13.2 Å². The lowest BCUT2D eigenvalue weighted by atomic mass is 10.2. The van der Waals surface area contributed by atoms with Crippen LogP contribution in [0.15, 0.2) is 51.4 Å². The molecule has 3 rings (SSSR count). The van der Waals surface area contributed by atoms with Gasteiger partial charge < -0.3 is 5.32 Å². The van der Waals surface area contributed by atoms with E-state index in [1.54, 1.807) is 0 Å². The van der Waals surface area contributed by atoms with Gasteiger partial charge in [0.2, 0.25) is 0 Å².